The van der Waals surface area contributed by atoms with E-state index in [-0.39, 0.29) is 11.5 Å². The molecule has 0 bridgehead atoms. The third kappa shape index (κ3) is 2.14. The Hall–Kier alpha value is -1.62. The van der Waals surface area contributed by atoms with Gasteiger partial charge < -0.3 is 10.6 Å². The first kappa shape index (κ1) is 10.9. The topological polar surface area (TPSA) is 42.2 Å². The maximum Gasteiger partial charge on any atom is 0.148 e. The standard InChI is InChI=1S/C11H12FN3S/c1-15(5-8-6-16-7-14-8)10-4-2-3-9(12)11(10)13/h2-4,6-7H,5,13H2,1H3. The number of benzene rings is 1. The minimum Gasteiger partial charge on any atom is -0.395 e. The van der Waals surface area contributed by atoms with Crippen LogP contribution in [-0.2, 0) is 6.54 Å². The zero-order valence-corrected chi connectivity index (χ0v) is 9.67. The average Bonchev–Trinajstić information content (AvgIpc) is 2.74. The van der Waals surface area contributed by atoms with E-state index >= 15 is 0 Å². The molecule has 0 radical (unpaired) electrons. The zero-order chi connectivity index (χ0) is 11.5. The number of para-hydroxylation sites is 1. The summed E-state index contributed by atoms with van der Waals surface area (Å²) in [6.45, 7) is 0.622. The summed E-state index contributed by atoms with van der Waals surface area (Å²) in [6, 6.07) is 4.80. The maximum absolute atomic E-state index is 13.3. The van der Waals surface area contributed by atoms with E-state index in [9.17, 15) is 4.39 Å². The molecular formula is C11H12FN3S. The number of nitrogens with two attached hydrogens (primary N) is 1. The van der Waals surface area contributed by atoms with Crippen LogP contribution in [-0.4, -0.2) is 12.0 Å². The summed E-state index contributed by atoms with van der Waals surface area (Å²) in [5.41, 5.74) is 9.28. The molecule has 0 aliphatic rings. The quantitative estimate of drug-likeness (QED) is 0.834. The second-order valence-electron chi connectivity index (χ2n) is 3.51. The van der Waals surface area contributed by atoms with Gasteiger partial charge in [0.1, 0.15) is 5.82 Å². The number of hydrogen-bond donors (Lipinski definition) is 1. The van der Waals surface area contributed by atoms with Gasteiger partial charge in [-0.05, 0) is 12.1 Å². The number of rotatable bonds is 3. The lowest BCUT2D eigenvalue weighted by Crippen LogP contribution is -2.18. The lowest BCUT2D eigenvalue weighted by Gasteiger charge is -2.20. The SMILES string of the molecule is CN(Cc1cscn1)c1cccc(F)c1N. The van der Waals surface area contributed by atoms with Gasteiger partial charge in [-0.25, -0.2) is 9.37 Å². The molecule has 3 nitrogen and oxygen atoms in total. The number of halogens is 1. The Morgan fingerprint density at radius 2 is 2.31 bits per heavy atom. The Morgan fingerprint density at radius 1 is 1.50 bits per heavy atom. The van der Waals surface area contributed by atoms with Crippen molar-refractivity contribution in [2.24, 2.45) is 0 Å². The normalized spacial score (nSPS) is 10.4. The Balaban J connectivity index is 2.21. The lowest BCUT2D eigenvalue weighted by molar-refractivity contribution is 0.632. The first-order valence-corrected chi connectivity index (χ1v) is 5.75. The van der Waals surface area contributed by atoms with Crippen molar-refractivity contribution in [3.63, 3.8) is 0 Å². The van der Waals surface area contributed by atoms with Crippen LogP contribution in [0.1, 0.15) is 5.69 Å². The number of hydrogen-bond acceptors (Lipinski definition) is 4. The fourth-order valence-corrected chi connectivity index (χ4v) is 2.05. The van der Waals surface area contributed by atoms with E-state index in [2.05, 4.69) is 4.98 Å². The number of thiazole rings is 1. The van der Waals surface area contributed by atoms with Gasteiger partial charge in [0.15, 0.2) is 0 Å². The Labute approximate surface area is 97.3 Å². The minimum atomic E-state index is -0.386. The van der Waals surface area contributed by atoms with E-state index in [1.807, 2.05) is 17.3 Å². The van der Waals surface area contributed by atoms with Crippen molar-refractivity contribution in [1.29, 1.82) is 0 Å². The molecule has 2 rings (SSSR count). The molecule has 0 amide bonds. The molecule has 1 aromatic carbocycles. The van der Waals surface area contributed by atoms with Crippen molar-refractivity contribution in [2.45, 2.75) is 6.54 Å². The van der Waals surface area contributed by atoms with Crippen LogP contribution in [0.5, 0.6) is 0 Å². The van der Waals surface area contributed by atoms with Crippen molar-refractivity contribution in [3.05, 3.63) is 40.6 Å². The molecular weight excluding hydrogens is 225 g/mol. The van der Waals surface area contributed by atoms with Gasteiger partial charge in [0.05, 0.1) is 29.1 Å². The van der Waals surface area contributed by atoms with Crippen molar-refractivity contribution in [1.82, 2.24) is 4.98 Å². The summed E-state index contributed by atoms with van der Waals surface area (Å²) in [7, 11) is 1.87. The van der Waals surface area contributed by atoms with E-state index in [0.29, 0.717) is 12.2 Å². The van der Waals surface area contributed by atoms with E-state index in [0.717, 1.165) is 5.69 Å². The Morgan fingerprint density at radius 3 is 3.00 bits per heavy atom. The first-order valence-electron chi connectivity index (χ1n) is 4.80. The largest absolute Gasteiger partial charge is 0.395 e. The number of nitrogens with zero attached hydrogens (tertiary/aromatic N) is 2. The van der Waals surface area contributed by atoms with Crippen molar-refractivity contribution in [2.75, 3.05) is 17.7 Å². The lowest BCUT2D eigenvalue weighted by atomic mass is 10.2. The minimum absolute atomic E-state index is 0.181. The van der Waals surface area contributed by atoms with Gasteiger partial charge in [0, 0.05) is 12.4 Å². The summed E-state index contributed by atoms with van der Waals surface area (Å²) in [6.07, 6.45) is 0. The zero-order valence-electron chi connectivity index (χ0n) is 8.85. The van der Waals surface area contributed by atoms with Crippen molar-refractivity contribution in [3.8, 4) is 0 Å². The molecule has 0 saturated heterocycles. The average molecular weight is 237 g/mol. The van der Waals surface area contributed by atoms with E-state index in [1.54, 1.807) is 29.0 Å². The second kappa shape index (κ2) is 4.49. The molecule has 0 saturated carbocycles. The van der Waals surface area contributed by atoms with Gasteiger partial charge >= 0.3 is 0 Å². The third-order valence-electron chi connectivity index (χ3n) is 2.32. The van der Waals surface area contributed by atoms with Gasteiger partial charge in [-0.2, -0.15) is 0 Å². The summed E-state index contributed by atoms with van der Waals surface area (Å²) in [5.74, 6) is -0.386. The van der Waals surface area contributed by atoms with Crippen LogP contribution >= 0.6 is 11.3 Å². The highest BCUT2D eigenvalue weighted by Gasteiger charge is 2.09. The molecule has 0 aliphatic heterocycles. The molecule has 0 aliphatic carbocycles. The van der Waals surface area contributed by atoms with Crippen molar-refractivity contribution < 1.29 is 4.39 Å². The molecule has 5 heteroatoms. The van der Waals surface area contributed by atoms with Gasteiger partial charge in [0.2, 0.25) is 0 Å². The summed E-state index contributed by atoms with van der Waals surface area (Å²) in [4.78, 5) is 6.06. The summed E-state index contributed by atoms with van der Waals surface area (Å²) >= 11 is 1.54. The van der Waals surface area contributed by atoms with Crippen LogP contribution in [0.4, 0.5) is 15.8 Å². The molecule has 1 heterocycles. The van der Waals surface area contributed by atoms with Gasteiger partial charge in [-0.3, -0.25) is 0 Å². The van der Waals surface area contributed by atoms with Gasteiger partial charge in [0.25, 0.3) is 0 Å². The van der Waals surface area contributed by atoms with Crippen LogP contribution in [0.3, 0.4) is 0 Å². The van der Waals surface area contributed by atoms with E-state index in [1.165, 1.54) is 6.07 Å². The van der Waals surface area contributed by atoms with Crippen LogP contribution in [0.2, 0.25) is 0 Å². The fourth-order valence-electron chi connectivity index (χ4n) is 1.50. The van der Waals surface area contributed by atoms with E-state index in [4.69, 9.17) is 5.73 Å². The van der Waals surface area contributed by atoms with Crippen LogP contribution < -0.4 is 10.6 Å². The van der Waals surface area contributed by atoms with Gasteiger partial charge in [-0.1, -0.05) is 6.07 Å². The monoisotopic (exact) mass is 237 g/mol. The number of anilines is 2. The highest BCUT2D eigenvalue weighted by molar-refractivity contribution is 7.07. The van der Waals surface area contributed by atoms with E-state index < -0.39 is 0 Å². The molecule has 2 N–H and O–H groups in total. The van der Waals surface area contributed by atoms with Crippen LogP contribution in [0, 0.1) is 5.82 Å². The highest BCUT2D eigenvalue weighted by Crippen LogP contribution is 2.25. The van der Waals surface area contributed by atoms with Crippen LogP contribution in [0.15, 0.2) is 29.1 Å². The highest BCUT2D eigenvalue weighted by atomic mass is 32.1. The third-order valence-corrected chi connectivity index (χ3v) is 2.96. The number of aromatic nitrogens is 1. The first-order chi connectivity index (χ1) is 7.68. The van der Waals surface area contributed by atoms with Crippen molar-refractivity contribution >= 4 is 22.7 Å². The number of nitrogen functional groups attached to an aromatic ring is 1. The summed E-state index contributed by atoms with van der Waals surface area (Å²) < 4.78 is 13.3. The summed E-state index contributed by atoms with van der Waals surface area (Å²) in [5, 5.41) is 1.96. The molecule has 16 heavy (non-hydrogen) atoms. The molecule has 0 atom stereocenters. The smallest absolute Gasteiger partial charge is 0.148 e. The maximum atomic E-state index is 13.3. The molecule has 0 spiro atoms. The molecule has 1 aromatic heterocycles. The molecule has 2 aromatic rings. The predicted molar refractivity (Wildman–Crippen MR) is 65.0 cm³/mol. The second-order valence-corrected chi connectivity index (χ2v) is 4.23. The molecule has 0 unspecified atom stereocenters. The fraction of sp³-hybridized carbons (Fsp3) is 0.182. The van der Waals surface area contributed by atoms with Gasteiger partial charge in [-0.15, -0.1) is 11.3 Å². The Bertz CT molecular complexity index is 470. The predicted octanol–water partition coefficient (Wildman–Crippen LogP) is 2.50. The molecule has 84 valence electrons. The Kier molecular flexibility index (Phi) is 3.05. The molecule has 0 fully saturated rings. The van der Waals surface area contributed by atoms with Crippen LogP contribution in [0.25, 0.3) is 0 Å².